The Balaban J connectivity index is 2.44. The van der Waals surface area contributed by atoms with Crippen molar-refractivity contribution in [2.75, 3.05) is 34.2 Å². The number of benzene rings is 1. The van der Waals surface area contributed by atoms with Crippen LogP contribution >= 0.6 is 15.9 Å². The van der Waals surface area contributed by atoms with Gasteiger partial charge < -0.3 is 9.80 Å². The van der Waals surface area contributed by atoms with Crippen LogP contribution < -0.4 is 0 Å². The van der Waals surface area contributed by atoms with Gasteiger partial charge in [0.25, 0.3) is 0 Å². The molecule has 0 heterocycles. The van der Waals surface area contributed by atoms with Crippen LogP contribution in [-0.4, -0.2) is 44.0 Å². The smallest absolute Gasteiger partial charge is 0.0242 e. The lowest BCUT2D eigenvalue weighted by Gasteiger charge is -2.19. The van der Waals surface area contributed by atoms with Crippen molar-refractivity contribution in [3.63, 3.8) is 0 Å². The zero-order valence-corrected chi connectivity index (χ0v) is 11.3. The molecule has 0 spiro atoms. The van der Waals surface area contributed by atoms with Crippen molar-refractivity contribution in [3.05, 3.63) is 34.3 Å². The fourth-order valence-corrected chi connectivity index (χ4v) is 1.78. The number of likely N-dealkylation sites (N-methyl/N-ethyl adjacent to an activating group) is 2. The molecule has 0 N–H and O–H groups in total. The lowest BCUT2D eigenvalue weighted by molar-refractivity contribution is 0.276. The molecule has 15 heavy (non-hydrogen) atoms. The number of halogens is 1. The van der Waals surface area contributed by atoms with Crippen LogP contribution in [0.1, 0.15) is 5.56 Å². The molecule has 0 bridgehead atoms. The number of nitrogens with zero attached hydrogens (tertiary/aromatic N) is 2. The summed E-state index contributed by atoms with van der Waals surface area (Å²) < 4.78 is 1.20. The largest absolute Gasteiger partial charge is 0.308 e. The summed E-state index contributed by atoms with van der Waals surface area (Å²) in [5, 5.41) is 0. The van der Waals surface area contributed by atoms with Gasteiger partial charge in [-0.05, 0) is 32.8 Å². The first-order chi connectivity index (χ1) is 7.09. The third kappa shape index (κ3) is 4.78. The molecule has 0 unspecified atom stereocenters. The van der Waals surface area contributed by atoms with Gasteiger partial charge in [0.05, 0.1) is 0 Å². The lowest BCUT2D eigenvalue weighted by atomic mass is 10.2. The van der Waals surface area contributed by atoms with Crippen molar-refractivity contribution in [2.45, 2.75) is 6.54 Å². The number of hydrogen-bond acceptors (Lipinski definition) is 2. The molecule has 84 valence electrons. The van der Waals surface area contributed by atoms with E-state index < -0.39 is 0 Å². The second-order valence-electron chi connectivity index (χ2n) is 4.13. The first-order valence-corrected chi connectivity index (χ1v) is 5.95. The molecule has 1 aromatic carbocycles. The minimum atomic E-state index is 0.995. The summed E-state index contributed by atoms with van der Waals surface area (Å²) in [6.45, 7) is 3.19. The predicted octanol–water partition coefficient (Wildman–Crippen LogP) is 2.44. The van der Waals surface area contributed by atoms with E-state index in [9.17, 15) is 0 Å². The topological polar surface area (TPSA) is 6.48 Å². The van der Waals surface area contributed by atoms with E-state index in [1.807, 2.05) is 6.07 Å². The quantitative estimate of drug-likeness (QED) is 0.811. The Labute approximate surface area is 101 Å². The number of rotatable bonds is 5. The van der Waals surface area contributed by atoms with Gasteiger partial charge in [-0.25, -0.2) is 0 Å². The minimum Gasteiger partial charge on any atom is -0.308 e. The fourth-order valence-electron chi connectivity index (χ4n) is 1.37. The van der Waals surface area contributed by atoms with E-state index in [2.05, 4.69) is 65.1 Å². The highest BCUT2D eigenvalue weighted by Gasteiger charge is 2.03. The van der Waals surface area contributed by atoms with E-state index in [1.54, 1.807) is 0 Å². The van der Waals surface area contributed by atoms with E-state index in [-0.39, 0.29) is 0 Å². The summed E-state index contributed by atoms with van der Waals surface area (Å²) in [5.41, 5.74) is 1.35. The van der Waals surface area contributed by atoms with Crippen molar-refractivity contribution in [3.8, 4) is 0 Å². The van der Waals surface area contributed by atoms with Gasteiger partial charge in [0, 0.05) is 24.1 Å². The normalized spacial score (nSPS) is 11.3. The first-order valence-electron chi connectivity index (χ1n) is 5.16. The van der Waals surface area contributed by atoms with Crippen LogP contribution in [0.5, 0.6) is 0 Å². The molecule has 0 aliphatic rings. The van der Waals surface area contributed by atoms with E-state index in [4.69, 9.17) is 0 Å². The first kappa shape index (κ1) is 12.7. The van der Waals surface area contributed by atoms with Crippen molar-refractivity contribution in [2.24, 2.45) is 0 Å². The Hall–Kier alpha value is -0.380. The Kier molecular flexibility index (Phi) is 5.29. The SMILES string of the molecule is CN(C)CCN(C)Cc1ccccc1Br. The second-order valence-corrected chi connectivity index (χ2v) is 4.99. The number of hydrogen-bond donors (Lipinski definition) is 0. The van der Waals surface area contributed by atoms with Gasteiger partial charge >= 0.3 is 0 Å². The summed E-state index contributed by atoms with van der Waals surface area (Å²) in [5.74, 6) is 0. The molecule has 3 heteroatoms. The molecule has 0 fully saturated rings. The van der Waals surface area contributed by atoms with E-state index in [0.29, 0.717) is 0 Å². The van der Waals surface area contributed by atoms with Crippen molar-refractivity contribution < 1.29 is 0 Å². The van der Waals surface area contributed by atoms with Crippen LogP contribution in [0.25, 0.3) is 0 Å². The molecule has 0 aliphatic carbocycles. The molecule has 0 radical (unpaired) electrons. The maximum absolute atomic E-state index is 3.57. The molecular weight excluding hydrogens is 252 g/mol. The predicted molar refractivity (Wildman–Crippen MR) is 69.0 cm³/mol. The molecule has 0 amide bonds. The molecule has 0 aromatic heterocycles. The van der Waals surface area contributed by atoms with Crippen LogP contribution in [0.2, 0.25) is 0 Å². The van der Waals surface area contributed by atoms with Crippen molar-refractivity contribution in [1.29, 1.82) is 0 Å². The van der Waals surface area contributed by atoms with Crippen molar-refractivity contribution >= 4 is 15.9 Å². The third-order valence-corrected chi connectivity index (χ3v) is 3.10. The summed E-state index contributed by atoms with van der Waals surface area (Å²) in [4.78, 5) is 4.54. The monoisotopic (exact) mass is 270 g/mol. The Morgan fingerprint density at radius 2 is 1.73 bits per heavy atom. The standard InChI is InChI=1S/C12H19BrN2/c1-14(2)8-9-15(3)10-11-6-4-5-7-12(11)13/h4-7H,8-10H2,1-3H3. The summed E-state index contributed by atoms with van der Waals surface area (Å²) >= 11 is 3.57. The molecule has 0 atom stereocenters. The molecule has 2 nitrogen and oxygen atoms in total. The maximum Gasteiger partial charge on any atom is 0.0242 e. The molecule has 0 saturated heterocycles. The zero-order chi connectivity index (χ0) is 11.3. The average molecular weight is 271 g/mol. The molecule has 1 aromatic rings. The Morgan fingerprint density at radius 3 is 2.33 bits per heavy atom. The Bertz CT molecular complexity index is 299. The van der Waals surface area contributed by atoms with Gasteiger partial charge in [0.1, 0.15) is 0 Å². The van der Waals surface area contributed by atoms with Crippen LogP contribution in [0.4, 0.5) is 0 Å². The molecule has 0 aliphatic heterocycles. The maximum atomic E-state index is 3.57. The Morgan fingerprint density at radius 1 is 1.07 bits per heavy atom. The minimum absolute atomic E-state index is 0.995. The van der Waals surface area contributed by atoms with Crippen LogP contribution in [0.15, 0.2) is 28.7 Å². The van der Waals surface area contributed by atoms with Crippen LogP contribution in [0, 0.1) is 0 Å². The highest BCUT2D eigenvalue weighted by Crippen LogP contribution is 2.16. The third-order valence-electron chi connectivity index (χ3n) is 2.33. The highest BCUT2D eigenvalue weighted by molar-refractivity contribution is 9.10. The van der Waals surface area contributed by atoms with E-state index >= 15 is 0 Å². The average Bonchev–Trinajstić information content (AvgIpc) is 2.18. The molecule has 1 rings (SSSR count). The van der Waals surface area contributed by atoms with Gasteiger partial charge in [-0.3, -0.25) is 0 Å². The zero-order valence-electron chi connectivity index (χ0n) is 9.70. The molecular formula is C12H19BrN2. The fraction of sp³-hybridized carbons (Fsp3) is 0.500. The van der Waals surface area contributed by atoms with E-state index in [1.165, 1.54) is 10.0 Å². The lowest BCUT2D eigenvalue weighted by Crippen LogP contribution is -2.28. The molecule has 0 saturated carbocycles. The summed E-state index contributed by atoms with van der Waals surface area (Å²) in [6.07, 6.45) is 0. The van der Waals surface area contributed by atoms with Gasteiger partial charge in [-0.15, -0.1) is 0 Å². The van der Waals surface area contributed by atoms with Gasteiger partial charge in [-0.2, -0.15) is 0 Å². The van der Waals surface area contributed by atoms with Gasteiger partial charge in [-0.1, -0.05) is 34.1 Å². The van der Waals surface area contributed by atoms with Crippen LogP contribution in [0.3, 0.4) is 0 Å². The highest BCUT2D eigenvalue weighted by atomic mass is 79.9. The van der Waals surface area contributed by atoms with E-state index in [0.717, 1.165) is 19.6 Å². The summed E-state index contributed by atoms with van der Waals surface area (Å²) in [7, 11) is 6.36. The summed E-state index contributed by atoms with van der Waals surface area (Å²) in [6, 6.07) is 8.39. The second kappa shape index (κ2) is 6.26. The van der Waals surface area contributed by atoms with Gasteiger partial charge in [0.15, 0.2) is 0 Å². The van der Waals surface area contributed by atoms with Crippen molar-refractivity contribution in [1.82, 2.24) is 9.80 Å². The van der Waals surface area contributed by atoms with Crippen LogP contribution in [-0.2, 0) is 6.54 Å². The van der Waals surface area contributed by atoms with Gasteiger partial charge in [0.2, 0.25) is 0 Å².